The Kier molecular flexibility index (Phi) is 6.04. The second kappa shape index (κ2) is 8.45. The fourth-order valence-corrected chi connectivity index (χ4v) is 3.46. The van der Waals surface area contributed by atoms with Crippen molar-refractivity contribution in [3.8, 4) is 11.1 Å². The van der Waals surface area contributed by atoms with Gasteiger partial charge in [0.15, 0.2) is 0 Å². The smallest absolute Gasteiger partial charge is 0.226 e. The predicted molar refractivity (Wildman–Crippen MR) is 104 cm³/mol. The van der Waals surface area contributed by atoms with Crippen molar-refractivity contribution in [2.75, 3.05) is 13.2 Å². The summed E-state index contributed by atoms with van der Waals surface area (Å²) in [6.07, 6.45) is 6.90. The zero-order chi connectivity index (χ0) is 18.4. The lowest BCUT2D eigenvalue weighted by molar-refractivity contribution is -0.137. The maximum atomic E-state index is 13.0. The zero-order valence-electron chi connectivity index (χ0n) is 15.7. The van der Waals surface area contributed by atoms with E-state index in [-0.39, 0.29) is 17.4 Å². The van der Waals surface area contributed by atoms with Gasteiger partial charge in [-0.1, -0.05) is 37.3 Å². The molecule has 1 saturated heterocycles. The average molecular weight is 352 g/mol. The molecule has 1 amide bonds. The lowest BCUT2D eigenvalue weighted by Crippen LogP contribution is -2.48. The van der Waals surface area contributed by atoms with Crippen molar-refractivity contribution in [1.82, 2.24) is 10.3 Å². The summed E-state index contributed by atoms with van der Waals surface area (Å²) in [6, 6.07) is 12.7. The summed E-state index contributed by atoms with van der Waals surface area (Å²) in [5, 5.41) is 3.19. The fourth-order valence-electron chi connectivity index (χ4n) is 3.46. The summed E-state index contributed by atoms with van der Waals surface area (Å²) in [7, 11) is 0. The molecule has 3 rings (SSSR count). The first-order valence-electron chi connectivity index (χ1n) is 9.51. The lowest BCUT2D eigenvalue weighted by Gasteiger charge is -2.36. The number of hydrogen-bond donors (Lipinski definition) is 1. The molecule has 4 heteroatoms. The van der Waals surface area contributed by atoms with Crippen LogP contribution in [0.15, 0.2) is 48.8 Å². The molecule has 1 fully saturated rings. The minimum Gasteiger partial charge on any atom is -0.381 e. The molecule has 2 aromatic rings. The first-order chi connectivity index (χ1) is 12.6. The van der Waals surface area contributed by atoms with E-state index < -0.39 is 0 Å². The van der Waals surface area contributed by atoms with Crippen LogP contribution < -0.4 is 5.32 Å². The molecule has 138 valence electrons. The molecular formula is C22H28N2O2. The number of amides is 1. The topological polar surface area (TPSA) is 51.2 Å². The van der Waals surface area contributed by atoms with Crippen molar-refractivity contribution < 1.29 is 9.53 Å². The van der Waals surface area contributed by atoms with Gasteiger partial charge in [0.2, 0.25) is 5.91 Å². The van der Waals surface area contributed by atoms with Crippen LogP contribution in [0.3, 0.4) is 0 Å². The molecule has 0 radical (unpaired) electrons. The third-order valence-electron chi connectivity index (χ3n) is 5.41. The van der Waals surface area contributed by atoms with Gasteiger partial charge >= 0.3 is 0 Å². The van der Waals surface area contributed by atoms with Crippen LogP contribution in [0.1, 0.15) is 38.7 Å². The summed E-state index contributed by atoms with van der Waals surface area (Å²) in [4.78, 5) is 17.2. The Morgan fingerprint density at radius 2 is 1.92 bits per heavy atom. The van der Waals surface area contributed by atoms with Crippen LogP contribution in [0, 0.1) is 5.41 Å². The zero-order valence-corrected chi connectivity index (χ0v) is 15.7. The van der Waals surface area contributed by atoms with Crippen molar-refractivity contribution in [1.29, 1.82) is 0 Å². The minimum atomic E-state index is -0.364. The van der Waals surface area contributed by atoms with Gasteiger partial charge in [0.05, 0.1) is 5.41 Å². The van der Waals surface area contributed by atoms with Crippen molar-refractivity contribution in [2.45, 2.75) is 45.6 Å². The number of benzene rings is 1. The highest BCUT2D eigenvalue weighted by atomic mass is 16.5. The highest BCUT2D eigenvalue weighted by molar-refractivity contribution is 5.83. The summed E-state index contributed by atoms with van der Waals surface area (Å²) >= 11 is 0. The number of carbonyl (C=O) groups is 1. The number of hydrogen-bond acceptors (Lipinski definition) is 3. The van der Waals surface area contributed by atoms with Crippen molar-refractivity contribution >= 4 is 5.91 Å². The van der Waals surface area contributed by atoms with Crippen LogP contribution in [0.25, 0.3) is 11.1 Å². The van der Waals surface area contributed by atoms with Crippen molar-refractivity contribution in [3.05, 3.63) is 54.4 Å². The summed E-state index contributed by atoms with van der Waals surface area (Å²) in [5.41, 5.74) is 3.08. The van der Waals surface area contributed by atoms with Gasteiger partial charge in [0, 0.05) is 31.6 Å². The first-order valence-corrected chi connectivity index (χ1v) is 9.51. The molecule has 4 nitrogen and oxygen atoms in total. The quantitative estimate of drug-likeness (QED) is 0.855. The maximum Gasteiger partial charge on any atom is 0.226 e. The molecule has 1 aliphatic rings. The highest BCUT2D eigenvalue weighted by Gasteiger charge is 2.40. The molecular weight excluding hydrogens is 324 g/mol. The van der Waals surface area contributed by atoms with Gasteiger partial charge in [-0.25, -0.2) is 0 Å². The molecule has 1 aromatic heterocycles. The minimum absolute atomic E-state index is 0.173. The Morgan fingerprint density at radius 1 is 1.19 bits per heavy atom. The second-order valence-electron chi connectivity index (χ2n) is 7.29. The number of nitrogens with zero attached hydrogens (tertiary/aromatic N) is 1. The molecule has 0 saturated carbocycles. The highest BCUT2D eigenvalue weighted by Crippen LogP contribution is 2.35. The molecule has 1 unspecified atom stereocenters. The van der Waals surface area contributed by atoms with Crippen LogP contribution >= 0.6 is 0 Å². The molecule has 2 heterocycles. The Morgan fingerprint density at radius 3 is 2.54 bits per heavy atom. The fraction of sp³-hybridized carbons (Fsp3) is 0.455. The number of nitrogens with one attached hydrogen (secondary N) is 1. The third kappa shape index (κ3) is 4.31. The first kappa shape index (κ1) is 18.6. The molecule has 1 N–H and O–H groups in total. The van der Waals surface area contributed by atoms with Gasteiger partial charge in [0.25, 0.3) is 0 Å². The number of ether oxygens (including phenoxy) is 1. The van der Waals surface area contributed by atoms with Crippen LogP contribution in [0.5, 0.6) is 0 Å². The van der Waals surface area contributed by atoms with Gasteiger partial charge in [-0.15, -0.1) is 0 Å². The SMILES string of the molecule is CCC(C)NC(=O)C1(Cc2ccc(-c3cccnc3)cc2)CCOCC1. The van der Waals surface area contributed by atoms with Gasteiger partial charge in [-0.05, 0) is 55.4 Å². The number of aromatic nitrogens is 1. The lowest BCUT2D eigenvalue weighted by atomic mass is 9.74. The Balaban J connectivity index is 1.77. The van der Waals surface area contributed by atoms with E-state index in [9.17, 15) is 4.79 Å². The number of rotatable bonds is 6. The summed E-state index contributed by atoms with van der Waals surface area (Å²) in [5.74, 6) is 0.173. The van der Waals surface area contributed by atoms with E-state index in [0.717, 1.165) is 36.8 Å². The van der Waals surface area contributed by atoms with E-state index >= 15 is 0 Å². The van der Waals surface area contributed by atoms with Gasteiger partial charge < -0.3 is 10.1 Å². The maximum absolute atomic E-state index is 13.0. The summed E-state index contributed by atoms with van der Waals surface area (Å²) < 4.78 is 5.53. The molecule has 1 aliphatic heterocycles. The van der Waals surface area contributed by atoms with Crippen LogP contribution in [-0.2, 0) is 16.0 Å². The van der Waals surface area contributed by atoms with Gasteiger partial charge in [0.1, 0.15) is 0 Å². The molecule has 0 spiro atoms. The number of pyridine rings is 1. The van der Waals surface area contributed by atoms with E-state index in [0.29, 0.717) is 13.2 Å². The molecule has 1 aromatic carbocycles. The number of carbonyl (C=O) groups excluding carboxylic acids is 1. The van der Waals surface area contributed by atoms with E-state index in [1.807, 2.05) is 12.3 Å². The van der Waals surface area contributed by atoms with Crippen molar-refractivity contribution in [2.24, 2.45) is 5.41 Å². The molecule has 1 atom stereocenters. The average Bonchev–Trinajstić information content (AvgIpc) is 2.70. The van der Waals surface area contributed by atoms with E-state index in [1.165, 1.54) is 5.56 Å². The van der Waals surface area contributed by atoms with E-state index in [4.69, 9.17) is 4.74 Å². The largest absolute Gasteiger partial charge is 0.381 e. The van der Waals surface area contributed by atoms with E-state index in [2.05, 4.69) is 54.5 Å². The Labute approximate surface area is 156 Å². The van der Waals surface area contributed by atoms with Crippen LogP contribution in [-0.4, -0.2) is 30.1 Å². The normalized spacial score (nSPS) is 17.5. The van der Waals surface area contributed by atoms with Gasteiger partial charge in [-0.3, -0.25) is 9.78 Å². The Hall–Kier alpha value is -2.20. The predicted octanol–water partition coefficient (Wildman–Crippen LogP) is 4.00. The molecule has 0 bridgehead atoms. The van der Waals surface area contributed by atoms with Crippen LogP contribution in [0.4, 0.5) is 0 Å². The van der Waals surface area contributed by atoms with E-state index in [1.54, 1.807) is 6.20 Å². The molecule has 26 heavy (non-hydrogen) atoms. The van der Waals surface area contributed by atoms with Gasteiger partial charge in [-0.2, -0.15) is 0 Å². The summed E-state index contributed by atoms with van der Waals surface area (Å²) in [6.45, 7) is 5.47. The Bertz CT molecular complexity index is 707. The third-order valence-corrected chi connectivity index (χ3v) is 5.41. The monoisotopic (exact) mass is 352 g/mol. The van der Waals surface area contributed by atoms with Crippen molar-refractivity contribution in [3.63, 3.8) is 0 Å². The standard InChI is InChI=1S/C22H28N2O2/c1-3-17(2)24-21(25)22(10-13-26-14-11-22)15-18-6-8-19(9-7-18)20-5-4-12-23-16-20/h4-9,12,16-17H,3,10-11,13-15H2,1-2H3,(H,24,25). The van der Waals surface area contributed by atoms with Crippen LogP contribution in [0.2, 0.25) is 0 Å². The molecule has 0 aliphatic carbocycles. The second-order valence-corrected chi connectivity index (χ2v) is 7.29.